The fourth-order valence-electron chi connectivity index (χ4n) is 3.41. The molecule has 30 heavy (non-hydrogen) atoms. The molecule has 160 valence electrons. The van der Waals surface area contributed by atoms with Crippen LogP contribution in [0.1, 0.15) is 35.7 Å². The minimum absolute atomic E-state index is 0.0280. The van der Waals surface area contributed by atoms with Gasteiger partial charge in [0.1, 0.15) is 5.75 Å². The Labute approximate surface area is 175 Å². The summed E-state index contributed by atoms with van der Waals surface area (Å²) in [6, 6.07) is 12.3. The van der Waals surface area contributed by atoms with E-state index >= 15 is 0 Å². The molecule has 1 amide bonds. The Balaban J connectivity index is 1.86. The summed E-state index contributed by atoms with van der Waals surface area (Å²) in [6.45, 7) is 2.83. The second-order valence-corrected chi connectivity index (χ2v) is 9.52. The molecule has 1 fully saturated rings. The maximum absolute atomic E-state index is 13.2. The van der Waals surface area contributed by atoms with E-state index in [0.717, 1.165) is 17.7 Å². The van der Waals surface area contributed by atoms with Crippen molar-refractivity contribution in [2.45, 2.75) is 32.4 Å². The molecule has 8 nitrogen and oxygen atoms in total. The van der Waals surface area contributed by atoms with Crippen LogP contribution >= 0.6 is 0 Å². The SMILES string of the molecule is CCCOc1ccc(CN(C(=O)c2cccc([N+](=O)[O-])c2)C2CCS(=O)(=O)C2)cc1. The Morgan fingerprint density at radius 2 is 1.97 bits per heavy atom. The summed E-state index contributed by atoms with van der Waals surface area (Å²) < 4.78 is 29.6. The number of hydrogen-bond acceptors (Lipinski definition) is 6. The van der Waals surface area contributed by atoms with Gasteiger partial charge >= 0.3 is 0 Å². The van der Waals surface area contributed by atoms with E-state index in [2.05, 4.69) is 0 Å². The van der Waals surface area contributed by atoms with Gasteiger partial charge in [0.15, 0.2) is 9.84 Å². The molecule has 1 heterocycles. The van der Waals surface area contributed by atoms with Gasteiger partial charge in [-0.1, -0.05) is 25.1 Å². The number of benzene rings is 2. The van der Waals surface area contributed by atoms with Crippen LogP contribution in [0.2, 0.25) is 0 Å². The highest BCUT2D eigenvalue weighted by Gasteiger charge is 2.35. The molecule has 0 radical (unpaired) electrons. The van der Waals surface area contributed by atoms with Crippen LogP contribution in [0.4, 0.5) is 5.69 Å². The summed E-state index contributed by atoms with van der Waals surface area (Å²) in [4.78, 5) is 25.2. The molecule has 1 unspecified atom stereocenters. The van der Waals surface area contributed by atoms with Gasteiger partial charge < -0.3 is 9.64 Å². The summed E-state index contributed by atoms with van der Waals surface area (Å²) in [6.07, 6.45) is 1.24. The summed E-state index contributed by atoms with van der Waals surface area (Å²) in [5.41, 5.74) is 0.801. The van der Waals surface area contributed by atoms with Gasteiger partial charge in [0, 0.05) is 30.3 Å². The lowest BCUT2D eigenvalue weighted by Gasteiger charge is -2.28. The van der Waals surface area contributed by atoms with Gasteiger partial charge in [-0.3, -0.25) is 14.9 Å². The summed E-state index contributed by atoms with van der Waals surface area (Å²) in [5.74, 6) is 0.221. The number of non-ortho nitro benzene ring substituents is 1. The molecular formula is C21H24N2O6S. The molecule has 0 bridgehead atoms. The van der Waals surface area contributed by atoms with Crippen molar-refractivity contribution in [2.75, 3.05) is 18.1 Å². The lowest BCUT2D eigenvalue weighted by atomic mass is 10.1. The van der Waals surface area contributed by atoms with Crippen LogP contribution in [0.5, 0.6) is 5.75 Å². The lowest BCUT2D eigenvalue weighted by Crippen LogP contribution is -2.40. The number of ether oxygens (including phenoxy) is 1. The van der Waals surface area contributed by atoms with Gasteiger partial charge in [-0.25, -0.2) is 8.42 Å². The lowest BCUT2D eigenvalue weighted by molar-refractivity contribution is -0.384. The van der Waals surface area contributed by atoms with Crippen molar-refractivity contribution in [1.82, 2.24) is 4.90 Å². The topological polar surface area (TPSA) is 107 Å². The van der Waals surface area contributed by atoms with Gasteiger partial charge in [-0.15, -0.1) is 0 Å². The first-order chi connectivity index (χ1) is 14.3. The Bertz CT molecular complexity index is 1020. The molecule has 2 aromatic carbocycles. The van der Waals surface area contributed by atoms with Crippen molar-refractivity contribution in [3.8, 4) is 5.75 Å². The van der Waals surface area contributed by atoms with Crippen molar-refractivity contribution < 1.29 is 22.9 Å². The number of rotatable bonds is 8. The van der Waals surface area contributed by atoms with E-state index < -0.39 is 26.7 Å². The van der Waals surface area contributed by atoms with Crippen molar-refractivity contribution >= 4 is 21.4 Å². The third kappa shape index (κ3) is 5.35. The zero-order valence-electron chi connectivity index (χ0n) is 16.7. The van der Waals surface area contributed by atoms with Gasteiger partial charge in [0.2, 0.25) is 0 Å². The second-order valence-electron chi connectivity index (χ2n) is 7.29. The number of sulfone groups is 1. The normalized spacial score (nSPS) is 17.4. The molecule has 9 heteroatoms. The Morgan fingerprint density at radius 3 is 2.57 bits per heavy atom. The van der Waals surface area contributed by atoms with Gasteiger partial charge in [-0.05, 0) is 36.6 Å². The number of hydrogen-bond donors (Lipinski definition) is 0. The zero-order chi connectivity index (χ0) is 21.7. The minimum Gasteiger partial charge on any atom is -0.494 e. The number of carbonyl (C=O) groups excluding carboxylic acids is 1. The predicted molar refractivity (Wildman–Crippen MR) is 112 cm³/mol. The van der Waals surface area contributed by atoms with E-state index in [4.69, 9.17) is 4.74 Å². The number of nitro groups is 1. The van der Waals surface area contributed by atoms with Crippen molar-refractivity contribution in [2.24, 2.45) is 0 Å². The van der Waals surface area contributed by atoms with Crippen LogP contribution in [0, 0.1) is 10.1 Å². The van der Waals surface area contributed by atoms with Crippen molar-refractivity contribution in [3.05, 3.63) is 69.8 Å². The molecule has 0 N–H and O–H groups in total. The third-order valence-corrected chi connectivity index (χ3v) is 6.71. The Morgan fingerprint density at radius 1 is 1.23 bits per heavy atom. The first-order valence-corrected chi connectivity index (χ1v) is 11.6. The Hall–Kier alpha value is -2.94. The van der Waals surface area contributed by atoms with Gasteiger partial charge in [0.25, 0.3) is 11.6 Å². The van der Waals surface area contributed by atoms with E-state index in [0.29, 0.717) is 13.0 Å². The van der Waals surface area contributed by atoms with E-state index in [1.165, 1.54) is 29.2 Å². The monoisotopic (exact) mass is 432 g/mol. The van der Waals surface area contributed by atoms with Crippen LogP contribution in [-0.2, 0) is 16.4 Å². The van der Waals surface area contributed by atoms with Gasteiger partial charge in [-0.2, -0.15) is 0 Å². The van der Waals surface area contributed by atoms with E-state index in [9.17, 15) is 23.3 Å². The van der Waals surface area contributed by atoms with E-state index in [-0.39, 0.29) is 29.3 Å². The quantitative estimate of drug-likeness (QED) is 0.468. The summed E-state index contributed by atoms with van der Waals surface area (Å²) >= 11 is 0. The fraction of sp³-hybridized carbons (Fsp3) is 0.381. The zero-order valence-corrected chi connectivity index (χ0v) is 17.5. The van der Waals surface area contributed by atoms with Crippen LogP contribution in [0.25, 0.3) is 0 Å². The standard InChI is InChI=1S/C21H24N2O6S/c1-2-11-29-20-8-6-16(7-9-20)14-22(19-10-12-30(27,28)15-19)21(24)17-4-3-5-18(13-17)23(25)26/h3-9,13,19H,2,10-12,14-15H2,1H3. The molecule has 2 aromatic rings. The molecule has 1 atom stereocenters. The highest BCUT2D eigenvalue weighted by Crippen LogP contribution is 2.24. The molecule has 0 aromatic heterocycles. The van der Waals surface area contributed by atoms with Gasteiger partial charge in [0.05, 0.1) is 23.0 Å². The molecule has 0 aliphatic carbocycles. The first kappa shape index (κ1) is 21.8. The highest BCUT2D eigenvalue weighted by molar-refractivity contribution is 7.91. The molecule has 1 aliphatic heterocycles. The fourth-order valence-corrected chi connectivity index (χ4v) is 5.14. The summed E-state index contributed by atoms with van der Waals surface area (Å²) in [7, 11) is -3.21. The van der Waals surface area contributed by atoms with E-state index in [1.807, 2.05) is 31.2 Å². The summed E-state index contributed by atoms with van der Waals surface area (Å²) in [5, 5.41) is 11.1. The molecule has 3 rings (SSSR count). The molecule has 0 saturated carbocycles. The minimum atomic E-state index is -3.21. The number of nitrogens with zero attached hydrogens (tertiary/aromatic N) is 2. The molecule has 1 saturated heterocycles. The number of carbonyl (C=O) groups is 1. The van der Waals surface area contributed by atoms with Crippen molar-refractivity contribution in [3.63, 3.8) is 0 Å². The second kappa shape index (κ2) is 9.25. The molecule has 1 aliphatic rings. The third-order valence-electron chi connectivity index (χ3n) is 4.96. The number of amides is 1. The predicted octanol–water partition coefficient (Wildman–Crippen LogP) is 3.21. The smallest absolute Gasteiger partial charge is 0.270 e. The maximum atomic E-state index is 13.2. The largest absolute Gasteiger partial charge is 0.494 e. The first-order valence-electron chi connectivity index (χ1n) is 9.76. The number of nitro benzene ring substituents is 1. The van der Waals surface area contributed by atoms with Crippen LogP contribution < -0.4 is 4.74 Å². The molecular weight excluding hydrogens is 408 g/mol. The van der Waals surface area contributed by atoms with Crippen molar-refractivity contribution in [1.29, 1.82) is 0 Å². The van der Waals surface area contributed by atoms with E-state index in [1.54, 1.807) is 0 Å². The Kier molecular flexibility index (Phi) is 6.71. The van der Waals surface area contributed by atoms with Crippen LogP contribution in [0.3, 0.4) is 0 Å². The molecule has 0 spiro atoms. The average molecular weight is 432 g/mol. The maximum Gasteiger partial charge on any atom is 0.270 e. The van der Waals surface area contributed by atoms with Crippen LogP contribution in [0.15, 0.2) is 48.5 Å². The average Bonchev–Trinajstić information content (AvgIpc) is 3.10. The van der Waals surface area contributed by atoms with Crippen LogP contribution in [-0.4, -0.2) is 48.3 Å². The highest BCUT2D eigenvalue weighted by atomic mass is 32.2.